The van der Waals surface area contributed by atoms with E-state index < -0.39 is 35.4 Å². The number of benzene rings is 2. The number of β-amino-alcohol motifs (C(OH)–C–C–N with tert-alkyl or cyclic N) is 1. The molecule has 4 atom stereocenters. The highest BCUT2D eigenvalue weighted by atomic mass is 19.1. The van der Waals surface area contributed by atoms with Gasteiger partial charge in [-0.3, -0.25) is 9.88 Å². The minimum Gasteiger partial charge on any atom is -0.429 e. The van der Waals surface area contributed by atoms with Crippen LogP contribution in [0.2, 0.25) is 0 Å². The second-order valence-corrected chi connectivity index (χ2v) is 13.1. The van der Waals surface area contributed by atoms with Gasteiger partial charge in [-0.05, 0) is 68.7 Å². The molecule has 0 radical (unpaired) electrons. The lowest BCUT2D eigenvalue weighted by Gasteiger charge is -2.40. The molecule has 3 saturated heterocycles. The van der Waals surface area contributed by atoms with Crippen molar-refractivity contribution in [3.63, 3.8) is 0 Å². The first-order valence-electron chi connectivity index (χ1n) is 15.7. The summed E-state index contributed by atoms with van der Waals surface area (Å²) >= 11 is 0. The van der Waals surface area contributed by atoms with Gasteiger partial charge in [0, 0.05) is 48.7 Å². The van der Waals surface area contributed by atoms with Gasteiger partial charge >= 0.3 is 6.41 Å². The van der Waals surface area contributed by atoms with Gasteiger partial charge < -0.3 is 19.5 Å². The van der Waals surface area contributed by atoms with Gasteiger partial charge in [-0.15, -0.1) is 6.42 Å². The van der Waals surface area contributed by atoms with Crippen LogP contribution < -0.4 is 10.6 Å². The SMILES string of the molecule is C#Cc1c(F)ccc2cc(CC)cc(-c3ncc4c(c3F)=NC(OC[C@@]35CCCN3C[C@H](F)C5)OC=4N3CCC[C@](C)(O)C3)c12. The lowest BCUT2D eigenvalue weighted by Crippen LogP contribution is -2.51. The lowest BCUT2D eigenvalue weighted by molar-refractivity contribution is -0.134. The highest BCUT2D eigenvalue weighted by Crippen LogP contribution is 2.41. The number of piperidine rings is 1. The number of terminal acetylenes is 1. The van der Waals surface area contributed by atoms with Gasteiger partial charge in [0.2, 0.25) is 5.88 Å². The van der Waals surface area contributed by atoms with Crippen molar-refractivity contribution < 1.29 is 27.8 Å². The van der Waals surface area contributed by atoms with E-state index >= 15 is 4.39 Å². The number of aliphatic hydroxyl groups is 1. The van der Waals surface area contributed by atoms with Gasteiger partial charge in [-0.1, -0.05) is 25.0 Å². The van der Waals surface area contributed by atoms with Crippen molar-refractivity contribution in [2.45, 2.75) is 76.1 Å². The van der Waals surface area contributed by atoms with Crippen LogP contribution >= 0.6 is 0 Å². The Morgan fingerprint density at radius 3 is 2.80 bits per heavy atom. The number of likely N-dealkylation sites (tertiary alicyclic amines) is 1. The molecular weight excluding hydrogens is 581 g/mol. The van der Waals surface area contributed by atoms with Gasteiger partial charge in [0.15, 0.2) is 5.82 Å². The predicted molar refractivity (Wildman–Crippen MR) is 164 cm³/mol. The zero-order chi connectivity index (χ0) is 31.5. The molecule has 4 aliphatic rings. The van der Waals surface area contributed by atoms with Crippen LogP contribution in [-0.2, 0) is 15.9 Å². The molecule has 0 amide bonds. The summed E-state index contributed by atoms with van der Waals surface area (Å²) < 4.78 is 58.7. The Bertz CT molecular complexity index is 1840. The number of nitrogens with zero attached hydrogens (tertiary/aromatic N) is 4. The van der Waals surface area contributed by atoms with Crippen LogP contribution in [0.1, 0.15) is 57.1 Å². The number of alkyl halides is 1. The molecular formula is C35H37F3N4O3. The smallest absolute Gasteiger partial charge is 0.303 e. The summed E-state index contributed by atoms with van der Waals surface area (Å²) in [5, 5.41) is 12.3. The monoisotopic (exact) mass is 618 g/mol. The Hall–Kier alpha value is -3.65. The Kier molecular flexibility index (Phi) is 7.54. The minimum absolute atomic E-state index is 0.000691. The first kappa shape index (κ1) is 30.0. The summed E-state index contributed by atoms with van der Waals surface area (Å²) in [4.78, 5) is 13.2. The highest BCUT2D eigenvalue weighted by molar-refractivity contribution is 6.00. The zero-order valence-corrected chi connectivity index (χ0v) is 25.6. The topological polar surface area (TPSA) is 70.4 Å². The van der Waals surface area contributed by atoms with E-state index in [-0.39, 0.29) is 29.8 Å². The standard InChI is InChI=1S/C35H37F3N4O3/c1-4-21-14-22-8-9-27(37)24(5-2)28(22)25(15-21)30-29(38)31-26(17-39-30)32(41-12-6-10-34(3,43)19-41)45-33(40-31)44-20-35-11-7-13-42(35)18-23(36)16-35/h2,8-9,14-15,17,23,33,43H,4,6-7,10-13,16,18-20H2,1,3H3/t23-,33?,34+,35+/m1/s1. The average molecular weight is 619 g/mol. The summed E-state index contributed by atoms with van der Waals surface area (Å²) in [6.45, 7) is 5.98. The van der Waals surface area contributed by atoms with E-state index in [4.69, 9.17) is 15.9 Å². The molecule has 0 aliphatic carbocycles. The summed E-state index contributed by atoms with van der Waals surface area (Å²) in [5.74, 6) is 1.48. The van der Waals surface area contributed by atoms with Crippen molar-refractivity contribution in [1.29, 1.82) is 0 Å². The van der Waals surface area contributed by atoms with Gasteiger partial charge in [0.25, 0.3) is 0 Å². The number of rotatable bonds is 6. The van der Waals surface area contributed by atoms with Gasteiger partial charge in [-0.25, -0.2) is 18.2 Å². The van der Waals surface area contributed by atoms with Gasteiger partial charge in [0.05, 0.1) is 23.0 Å². The molecule has 3 fully saturated rings. The molecule has 45 heavy (non-hydrogen) atoms. The van der Waals surface area contributed by atoms with Crippen molar-refractivity contribution >= 4 is 16.7 Å². The van der Waals surface area contributed by atoms with Crippen LogP contribution in [-0.4, -0.2) is 76.4 Å². The van der Waals surface area contributed by atoms with E-state index in [0.717, 1.165) is 24.9 Å². The number of pyridine rings is 1. The van der Waals surface area contributed by atoms with Crippen molar-refractivity contribution in [1.82, 2.24) is 14.8 Å². The van der Waals surface area contributed by atoms with E-state index in [0.29, 0.717) is 66.2 Å². The quantitative estimate of drug-likeness (QED) is 0.419. The molecule has 1 unspecified atom stereocenters. The van der Waals surface area contributed by atoms with Crippen LogP contribution in [0, 0.1) is 24.0 Å². The summed E-state index contributed by atoms with van der Waals surface area (Å²) in [5.41, 5.74) is -0.0920. The maximum atomic E-state index is 16.9. The van der Waals surface area contributed by atoms with Gasteiger partial charge in [0.1, 0.15) is 23.0 Å². The zero-order valence-electron chi connectivity index (χ0n) is 25.6. The maximum Gasteiger partial charge on any atom is 0.303 e. The third-order valence-corrected chi connectivity index (χ3v) is 9.82. The highest BCUT2D eigenvalue weighted by Gasteiger charge is 2.49. The lowest BCUT2D eigenvalue weighted by atomic mass is 9.93. The van der Waals surface area contributed by atoms with E-state index in [1.165, 1.54) is 12.3 Å². The molecule has 7 nitrogen and oxygen atoms in total. The second-order valence-electron chi connectivity index (χ2n) is 13.1. The molecule has 0 saturated carbocycles. The Balaban J connectivity index is 1.37. The van der Waals surface area contributed by atoms with E-state index in [1.54, 1.807) is 19.1 Å². The molecule has 10 heteroatoms. The van der Waals surface area contributed by atoms with Gasteiger partial charge in [-0.2, -0.15) is 0 Å². The molecule has 1 aromatic heterocycles. The molecule has 3 aromatic rings. The third-order valence-electron chi connectivity index (χ3n) is 9.82. The number of hydrogen-bond acceptors (Lipinski definition) is 7. The average Bonchev–Trinajstić information content (AvgIpc) is 3.54. The fourth-order valence-corrected chi connectivity index (χ4v) is 7.66. The van der Waals surface area contributed by atoms with Crippen LogP contribution in [0.3, 0.4) is 0 Å². The van der Waals surface area contributed by atoms with Crippen LogP contribution in [0.15, 0.2) is 35.5 Å². The van der Waals surface area contributed by atoms with Crippen LogP contribution in [0.4, 0.5) is 13.2 Å². The number of halogens is 3. The van der Waals surface area contributed by atoms with E-state index in [1.807, 2.05) is 17.9 Å². The van der Waals surface area contributed by atoms with Crippen molar-refractivity contribution in [2.24, 2.45) is 4.99 Å². The first-order valence-corrected chi connectivity index (χ1v) is 15.7. The Labute approximate surface area is 260 Å². The van der Waals surface area contributed by atoms with Crippen LogP contribution in [0.25, 0.3) is 27.9 Å². The van der Waals surface area contributed by atoms with E-state index in [9.17, 15) is 13.9 Å². The second kappa shape index (κ2) is 11.3. The fourth-order valence-electron chi connectivity index (χ4n) is 7.66. The maximum absolute atomic E-state index is 16.9. The number of hydrogen-bond donors (Lipinski definition) is 1. The molecule has 0 bridgehead atoms. The normalized spacial score (nSPS) is 28.0. The fraction of sp³-hybridized carbons (Fsp3) is 0.486. The minimum atomic E-state index is -1.20. The first-order chi connectivity index (χ1) is 21.6. The molecule has 2 aromatic carbocycles. The van der Waals surface area contributed by atoms with Crippen molar-refractivity contribution in [3.05, 3.63) is 63.8 Å². The van der Waals surface area contributed by atoms with Crippen molar-refractivity contribution in [3.8, 4) is 23.6 Å². The molecule has 236 valence electrons. The number of aromatic nitrogens is 1. The molecule has 5 heterocycles. The molecule has 7 rings (SSSR count). The summed E-state index contributed by atoms with van der Waals surface area (Å²) in [7, 11) is 0. The summed E-state index contributed by atoms with van der Waals surface area (Å²) in [6, 6.07) is 6.67. The number of ether oxygens (including phenoxy) is 2. The summed E-state index contributed by atoms with van der Waals surface area (Å²) in [6.07, 6.45) is 9.26. The van der Waals surface area contributed by atoms with Crippen LogP contribution in [0.5, 0.6) is 0 Å². The molecule has 0 spiro atoms. The largest absolute Gasteiger partial charge is 0.429 e. The van der Waals surface area contributed by atoms with E-state index in [2.05, 4.69) is 20.8 Å². The molecule has 1 N–H and O–H groups in total. The Morgan fingerprint density at radius 2 is 2.02 bits per heavy atom. The third kappa shape index (κ3) is 5.25. The predicted octanol–water partition coefficient (Wildman–Crippen LogP) is 4.16. The number of aryl methyl sites for hydroxylation is 1. The van der Waals surface area contributed by atoms with Crippen molar-refractivity contribution in [2.75, 3.05) is 32.8 Å². The number of fused-ring (bicyclic) bond motifs is 3. The Morgan fingerprint density at radius 1 is 1.20 bits per heavy atom. The molecule has 4 aliphatic heterocycles.